The van der Waals surface area contributed by atoms with Gasteiger partial charge < -0.3 is 41.3 Å². The van der Waals surface area contributed by atoms with Gasteiger partial charge in [0.05, 0.1) is 11.6 Å². The smallest absolute Gasteiger partial charge is 0.255 e. The fourth-order valence-electron chi connectivity index (χ4n) is 7.24. The number of allylic oxidation sites excluding steroid dienone is 1. The maximum atomic E-state index is 14.4. The van der Waals surface area contributed by atoms with E-state index < -0.39 is 58.0 Å². The molecule has 47 heavy (non-hydrogen) atoms. The molecule has 0 radical (unpaired) electrons. The van der Waals surface area contributed by atoms with Crippen LogP contribution in [0.4, 0.5) is 5.69 Å². The third-order valence-corrected chi connectivity index (χ3v) is 9.46. The van der Waals surface area contributed by atoms with Crippen molar-refractivity contribution in [2.75, 3.05) is 60.3 Å². The molecular formula is C34H41N5O8. The normalized spacial score (nSPS) is 23.9. The summed E-state index contributed by atoms with van der Waals surface area (Å²) < 4.78 is 0. The summed E-state index contributed by atoms with van der Waals surface area (Å²) in [5.74, 6) is -7.40. The van der Waals surface area contributed by atoms with Crippen LogP contribution >= 0.6 is 0 Å². The number of likely N-dealkylation sites (N-methyl/N-ethyl adjacent to an activating group) is 2. The van der Waals surface area contributed by atoms with Crippen LogP contribution in [0.3, 0.4) is 0 Å². The van der Waals surface area contributed by atoms with Gasteiger partial charge in [0, 0.05) is 55.5 Å². The van der Waals surface area contributed by atoms with Crippen molar-refractivity contribution in [3.05, 3.63) is 69.7 Å². The van der Waals surface area contributed by atoms with Crippen LogP contribution in [0, 0.1) is 11.8 Å². The fraction of sp³-hybridized carbons (Fsp3) is 0.412. The number of aliphatic hydroxyl groups is 3. The SMILES string of the molecule is CN(C)CCNC(=O)c1cccc(-c2cc(N(C)C)c3c(c2O)C(=O)C2=C(O)[C@]4(O)C(=O)C(C(N)=O)=C(O)C(N(C)C)[C@@H]4C[C@@H]2C3)c1. The van der Waals surface area contributed by atoms with Crippen molar-refractivity contribution in [2.45, 2.75) is 24.5 Å². The molecule has 4 atom stereocenters. The molecule has 250 valence electrons. The number of aromatic hydroxyl groups is 1. The lowest BCUT2D eigenvalue weighted by Gasteiger charge is -2.50. The summed E-state index contributed by atoms with van der Waals surface area (Å²) in [6.07, 6.45) is 0.149. The van der Waals surface area contributed by atoms with Crippen LogP contribution in [0.25, 0.3) is 11.1 Å². The van der Waals surface area contributed by atoms with Gasteiger partial charge in [-0.2, -0.15) is 0 Å². The van der Waals surface area contributed by atoms with Crippen LogP contribution in [0.2, 0.25) is 0 Å². The summed E-state index contributed by atoms with van der Waals surface area (Å²) in [4.78, 5) is 58.3. The van der Waals surface area contributed by atoms with Gasteiger partial charge in [-0.15, -0.1) is 0 Å². The Bertz CT molecular complexity index is 1760. The highest BCUT2D eigenvalue weighted by molar-refractivity contribution is 6.25. The largest absolute Gasteiger partial charge is 0.510 e. The number of ketones is 2. The van der Waals surface area contributed by atoms with Crippen molar-refractivity contribution in [1.29, 1.82) is 0 Å². The van der Waals surface area contributed by atoms with E-state index in [-0.39, 0.29) is 41.2 Å². The molecule has 0 saturated heterocycles. The maximum Gasteiger partial charge on any atom is 0.255 e. The lowest BCUT2D eigenvalue weighted by molar-refractivity contribution is -0.148. The number of carbonyl (C=O) groups is 4. The zero-order valence-electron chi connectivity index (χ0n) is 27.3. The number of hydrogen-bond donors (Lipinski definition) is 6. The highest BCUT2D eigenvalue weighted by Crippen LogP contribution is 2.54. The number of nitrogens with zero attached hydrogens (tertiary/aromatic N) is 3. The third kappa shape index (κ3) is 5.33. The molecule has 7 N–H and O–H groups in total. The van der Waals surface area contributed by atoms with Gasteiger partial charge in [-0.25, -0.2) is 0 Å². The Hall–Kier alpha value is -4.72. The number of phenols is 1. The zero-order chi connectivity index (χ0) is 34.7. The maximum absolute atomic E-state index is 14.4. The number of rotatable bonds is 8. The minimum atomic E-state index is -2.73. The van der Waals surface area contributed by atoms with Gasteiger partial charge in [0.25, 0.3) is 11.8 Å². The van der Waals surface area contributed by atoms with E-state index in [0.29, 0.717) is 35.5 Å². The molecule has 2 aromatic carbocycles. The predicted molar refractivity (Wildman–Crippen MR) is 174 cm³/mol. The highest BCUT2D eigenvalue weighted by atomic mass is 16.3. The van der Waals surface area contributed by atoms with E-state index >= 15 is 0 Å². The average Bonchev–Trinajstić information content (AvgIpc) is 2.98. The molecule has 3 aliphatic carbocycles. The molecule has 2 aromatic rings. The first-order valence-electron chi connectivity index (χ1n) is 15.3. The number of nitrogens with one attached hydrogen (secondary N) is 1. The summed E-state index contributed by atoms with van der Waals surface area (Å²) >= 11 is 0. The van der Waals surface area contributed by atoms with Crippen LogP contribution in [-0.4, -0.2) is 121 Å². The Kier molecular flexibility index (Phi) is 8.69. The molecule has 0 spiro atoms. The second-order valence-electron chi connectivity index (χ2n) is 13.1. The van der Waals surface area contributed by atoms with Crippen LogP contribution in [0.5, 0.6) is 5.75 Å². The summed E-state index contributed by atoms with van der Waals surface area (Å²) in [5.41, 5.74) is 3.70. The van der Waals surface area contributed by atoms with Gasteiger partial charge in [0.1, 0.15) is 22.8 Å². The molecular weight excluding hydrogens is 606 g/mol. The van der Waals surface area contributed by atoms with E-state index in [4.69, 9.17) is 5.73 Å². The first-order valence-corrected chi connectivity index (χ1v) is 15.3. The number of nitrogens with two attached hydrogens (primary N) is 1. The molecule has 0 fully saturated rings. The standard InChI is InChI=1S/C34H41N5O8/c1-37(2)11-10-36-33(46)17-9-7-8-16(12-17)19-15-22(38(3)4)20-13-18-14-21-26(39(5)6)29(42)25(32(35)45)31(44)34(21,47)30(43)23(18)28(41)24(20)27(19)40/h7-9,12,15,18,21,26,40,42-43,47H,10-11,13-14H2,1-6H3,(H2,35,45)(H,36,46)/t18-,21-,26?,34-/m0/s1. The van der Waals surface area contributed by atoms with Gasteiger partial charge in [0.2, 0.25) is 5.78 Å². The molecule has 0 bridgehead atoms. The lowest BCUT2D eigenvalue weighted by atomic mass is 9.58. The molecule has 0 aromatic heterocycles. The average molecular weight is 648 g/mol. The van der Waals surface area contributed by atoms with Gasteiger partial charge in [0.15, 0.2) is 11.4 Å². The Morgan fingerprint density at radius 1 is 1.04 bits per heavy atom. The van der Waals surface area contributed by atoms with Crippen LogP contribution in [0.15, 0.2) is 53.0 Å². The van der Waals surface area contributed by atoms with Crippen LogP contribution in [0.1, 0.15) is 32.7 Å². The summed E-state index contributed by atoms with van der Waals surface area (Å²) in [5, 5.41) is 49.1. The monoisotopic (exact) mass is 647 g/mol. The number of fused-ring (bicyclic) bond motifs is 3. The Labute approximate surface area is 272 Å². The van der Waals surface area contributed by atoms with Crippen molar-refractivity contribution in [1.82, 2.24) is 15.1 Å². The zero-order valence-corrected chi connectivity index (χ0v) is 27.3. The van der Waals surface area contributed by atoms with Crippen LogP contribution < -0.4 is 16.0 Å². The van der Waals surface area contributed by atoms with Crippen molar-refractivity contribution in [3.63, 3.8) is 0 Å². The Morgan fingerprint density at radius 2 is 1.72 bits per heavy atom. The molecule has 5 rings (SSSR count). The van der Waals surface area contributed by atoms with Gasteiger partial charge in [-0.3, -0.25) is 24.1 Å². The second kappa shape index (κ2) is 12.1. The molecule has 3 aliphatic rings. The number of Topliss-reactive ketones (excluding diaryl/α,β-unsaturated/α-hetero) is 2. The van der Waals surface area contributed by atoms with E-state index in [1.165, 1.54) is 4.90 Å². The predicted octanol–water partition coefficient (Wildman–Crippen LogP) is 1.15. The molecule has 2 amide bonds. The van der Waals surface area contributed by atoms with Gasteiger partial charge in [-0.05, 0) is 76.3 Å². The van der Waals surface area contributed by atoms with E-state index in [1.807, 2.05) is 19.0 Å². The highest BCUT2D eigenvalue weighted by Gasteiger charge is 2.63. The topological polar surface area (TPSA) is 197 Å². The molecule has 0 heterocycles. The van der Waals surface area contributed by atoms with Gasteiger partial charge in [-0.1, -0.05) is 12.1 Å². The number of phenolic OH excluding ortho intramolecular Hbond substituents is 1. The minimum Gasteiger partial charge on any atom is -0.510 e. The van der Waals surface area contributed by atoms with Crippen molar-refractivity contribution in [2.24, 2.45) is 17.6 Å². The summed E-state index contributed by atoms with van der Waals surface area (Å²) in [6, 6.07) is 7.28. The van der Waals surface area contributed by atoms with Crippen molar-refractivity contribution < 1.29 is 39.6 Å². The Balaban J connectivity index is 1.65. The quantitative estimate of drug-likeness (QED) is 0.225. The lowest BCUT2D eigenvalue weighted by Crippen LogP contribution is -2.63. The molecule has 0 aliphatic heterocycles. The summed E-state index contributed by atoms with van der Waals surface area (Å²) in [7, 11) is 10.5. The number of primary amides is 1. The number of carbonyl (C=O) groups excluding carboxylic acids is 4. The van der Waals surface area contributed by atoms with Crippen LogP contribution in [-0.2, 0) is 16.0 Å². The second-order valence-corrected chi connectivity index (χ2v) is 13.1. The van der Waals surface area contributed by atoms with E-state index in [0.717, 1.165) is 0 Å². The first kappa shape index (κ1) is 33.6. The molecule has 1 unspecified atom stereocenters. The third-order valence-electron chi connectivity index (χ3n) is 9.46. The van der Waals surface area contributed by atoms with Crippen molar-refractivity contribution >= 4 is 29.1 Å². The molecule has 0 saturated carbocycles. The number of benzene rings is 2. The number of anilines is 1. The Morgan fingerprint density at radius 3 is 2.32 bits per heavy atom. The number of amides is 2. The van der Waals surface area contributed by atoms with E-state index in [2.05, 4.69) is 5.32 Å². The fourth-order valence-corrected chi connectivity index (χ4v) is 7.24. The molecule has 13 heteroatoms. The van der Waals surface area contributed by atoms with Gasteiger partial charge >= 0.3 is 0 Å². The number of aliphatic hydroxyl groups excluding tert-OH is 2. The van der Waals surface area contributed by atoms with Crippen molar-refractivity contribution in [3.8, 4) is 16.9 Å². The minimum absolute atomic E-state index is 0.00781. The van der Waals surface area contributed by atoms with E-state index in [9.17, 15) is 39.6 Å². The summed E-state index contributed by atoms with van der Waals surface area (Å²) in [6.45, 7) is 1.08. The van der Waals surface area contributed by atoms with E-state index in [1.54, 1.807) is 63.4 Å². The molecule has 13 nitrogen and oxygen atoms in total. The first-order chi connectivity index (χ1) is 22.0. The number of hydrogen-bond acceptors (Lipinski definition) is 11.